The van der Waals surface area contributed by atoms with Crippen LogP contribution in [-0.2, 0) is 0 Å². The molecule has 0 aliphatic heterocycles. The molecular formula is C14H20BrN3O2S. The molecule has 0 unspecified atom stereocenters. The Labute approximate surface area is 138 Å². The van der Waals surface area contributed by atoms with E-state index in [4.69, 9.17) is 17.0 Å². The summed E-state index contributed by atoms with van der Waals surface area (Å²) in [6, 6.07) is 5.09. The minimum absolute atomic E-state index is 0.268. The summed E-state index contributed by atoms with van der Waals surface area (Å²) in [7, 11) is 1.57. The van der Waals surface area contributed by atoms with E-state index in [0.717, 1.165) is 30.3 Å². The van der Waals surface area contributed by atoms with E-state index in [9.17, 15) is 4.79 Å². The second kappa shape index (κ2) is 9.57. The van der Waals surface area contributed by atoms with E-state index in [1.807, 2.05) is 0 Å². The lowest BCUT2D eigenvalue weighted by molar-refractivity contribution is 0.0943. The summed E-state index contributed by atoms with van der Waals surface area (Å²) in [4.78, 5) is 12.0. The first-order chi connectivity index (χ1) is 10.1. The lowest BCUT2D eigenvalue weighted by Gasteiger charge is -2.12. The molecule has 21 heavy (non-hydrogen) atoms. The average Bonchev–Trinajstić information content (AvgIpc) is 2.49. The second-order valence-electron chi connectivity index (χ2n) is 4.39. The van der Waals surface area contributed by atoms with Gasteiger partial charge in [0.05, 0.1) is 11.6 Å². The number of halogens is 1. The number of methoxy groups -OCH3 is 1. The van der Waals surface area contributed by atoms with Crippen molar-refractivity contribution in [1.29, 1.82) is 0 Å². The molecule has 5 nitrogen and oxygen atoms in total. The van der Waals surface area contributed by atoms with Crippen LogP contribution in [0.5, 0.6) is 5.75 Å². The molecule has 0 aliphatic rings. The standard InChI is InChI=1S/C14H20BrN3O2S/c1-3-4-5-8-16-14(21)18-17-13(19)10-6-7-12(20-2)11(15)9-10/h6-7,9H,3-5,8H2,1-2H3,(H,17,19)(H2,16,18,21). The van der Waals surface area contributed by atoms with Crippen LogP contribution in [-0.4, -0.2) is 24.7 Å². The van der Waals surface area contributed by atoms with Crippen LogP contribution >= 0.6 is 28.1 Å². The number of thiocarbonyl (C=S) groups is 1. The molecule has 1 aromatic carbocycles. The molecule has 0 aromatic heterocycles. The maximum atomic E-state index is 12.0. The molecule has 116 valence electrons. The third kappa shape index (κ3) is 6.31. The molecule has 0 saturated carbocycles. The summed E-state index contributed by atoms with van der Waals surface area (Å²) < 4.78 is 5.84. The van der Waals surface area contributed by atoms with Gasteiger partial charge in [0.1, 0.15) is 5.75 Å². The maximum Gasteiger partial charge on any atom is 0.269 e. The minimum Gasteiger partial charge on any atom is -0.496 e. The van der Waals surface area contributed by atoms with Gasteiger partial charge in [-0.2, -0.15) is 0 Å². The average molecular weight is 374 g/mol. The number of carbonyl (C=O) groups excluding carboxylic acids is 1. The fourth-order valence-corrected chi connectivity index (χ4v) is 2.31. The van der Waals surface area contributed by atoms with Gasteiger partial charge >= 0.3 is 0 Å². The molecule has 0 saturated heterocycles. The van der Waals surface area contributed by atoms with Crippen molar-refractivity contribution in [2.45, 2.75) is 26.2 Å². The Hall–Kier alpha value is -1.34. The Balaban J connectivity index is 2.39. The molecule has 1 rings (SSSR count). The van der Waals surface area contributed by atoms with Gasteiger partial charge in [-0.1, -0.05) is 19.8 Å². The van der Waals surface area contributed by atoms with Gasteiger partial charge in [0, 0.05) is 12.1 Å². The SMILES string of the molecule is CCCCCNC(=S)NNC(=O)c1ccc(OC)c(Br)c1. The highest BCUT2D eigenvalue weighted by atomic mass is 79.9. The molecule has 1 amide bonds. The summed E-state index contributed by atoms with van der Waals surface area (Å²) in [5, 5.41) is 3.44. The van der Waals surface area contributed by atoms with E-state index in [0.29, 0.717) is 16.4 Å². The van der Waals surface area contributed by atoms with Crippen LogP contribution in [0.3, 0.4) is 0 Å². The van der Waals surface area contributed by atoms with Crippen molar-refractivity contribution in [3.8, 4) is 5.75 Å². The summed E-state index contributed by atoms with van der Waals surface area (Å²) in [6.07, 6.45) is 3.37. The fraction of sp³-hybridized carbons (Fsp3) is 0.429. The Bertz CT molecular complexity index is 497. The fourth-order valence-electron chi connectivity index (χ4n) is 1.61. The van der Waals surface area contributed by atoms with Crippen molar-refractivity contribution < 1.29 is 9.53 Å². The number of rotatable bonds is 6. The van der Waals surface area contributed by atoms with Crippen molar-refractivity contribution in [3.05, 3.63) is 28.2 Å². The molecule has 0 radical (unpaired) electrons. The van der Waals surface area contributed by atoms with E-state index >= 15 is 0 Å². The maximum absolute atomic E-state index is 12.0. The highest BCUT2D eigenvalue weighted by Gasteiger charge is 2.08. The molecule has 0 spiro atoms. The smallest absolute Gasteiger partial charge is 0.269 e. The van der Waals surface area contributed by atoms with Gasteiger partial charge in [0.2, 0.25) is 0 Å². The molecule has 0 bridgehead atoms. The lowest BCUT2D eigenvalue weighted by Crippen LogP contribution is -2.46. The largest absolute Gasteiger partial charge is 0.496 e. The molecule has 0 fully saturated rings. The van der Waals surface area contributed by atoms with Crippen molar-refractivity contribution in [2.24, 2.45) is 0 Å². The van der Waals surface area contributed by atoms with E-state index in [1.165, 1.54) is 0 Å². The number of benzene rings is 1. The predicted molar refractivity (Wildman–Crippen MR) is 91.4 cm³/mol. The Morgan fingerprint density at radius 3 is 2.71 bits per heavy atom. The number of hydrogen-bond acceptors (Lipinski definition) is 3. The van der Waals surface area contributed by atoms with Crippen LogP contribution in [0.15, 0.2) is 22.7 Å². The van der Waals surface area contributed by atoms with Crippen LogP contribution in [0.1, 0.15) is 36.5 Å². The van der Waals surface area contributed by atoms with Crippen LogP contribution in [0.2, 0.25) is 0 Å². The monoisotopic (exact) mass is 373 g/mol. The highest BCUT2D eigenvalue weighted by Crippen LogP contribution is 2.25. The number of ether oxygens (including phenoxy) is 1. The van der Waals surface area contributed by atoms with Gasteiger partial charge in [-0.3, -0.25) is 15.6 Å². The van der Waals surface area contributed by atoms with Gasteiger partial charge in [-0.25, -0.2) is 0 Å². The molecule has 0 atom stereocenters. The number of unbranched alkanes of at least 4 members (excludes halogenated alkanes) is 2. The first kappa shape index (κ1) is 17.7. The van der Waals surface area contributed by atoms with Gasteiger partial charge in [-0.15, -0.1) is 0 Å². The van der Waals surface area contributed by atoms with Crippen molar-refractivity contribution in [2.75, 3.05) is 13.7 Å². The summed E-state index contributed by atoms with van der Waals surface area (Å²) in [5.41, 5.74) is 5.73. The van der Waals surface area contributed by atoms with Gasteiger partial charge in [0.25, 0.3) is 5.91 Å². The third-order valence-electron chi connectivity index (χ3n) is 2.77. The summed E-state index contributed by atoms with van der Waals surface area (Å²) >= 11 is 8.41. The van der Waals surface area contributed by atoms with Gasteiger partial charge < -0.3 is 10.1 Å². The quantitative estimate of drug-likeness (QED) is 0.406. The number of hydrogen-bond donors (Lipinski definition) is 3. The Kier molecular flexibility index (Phi) is 8.07. The van der Waals surface area contributed by atoms with Gasteiger partial charge in [0.15, 0.2) is 5.11 Å². The van der Waals surface area contributed by atoms with E-state index in [2.05, 4.69) is 39.0 Å². The van der Waals surface area contributed by atoms with Crippen molar-refractivity contribution in [3.63, 3.8) is 0 Å². The molecule has 0 heterocycles. The predicted octanol–water partition coefficient (Wildman–Crippen LogP) is 2.76. The first-order valence-electron chi connectivity index (χ1n) is 6.76. The molecule has 7 heteroatoms. The molecule has 3 N–H and O–H groups in total. The second-order valence-corrected chi connectivity index (χ2v) is 5.65. The molecule has 1 aromatic rings. The number of hydrazine groups is 1. The van der Waals surface area contributed by atoms with Crippen LogP contribution < -0.4 is 20.9 Å². The zero-order valence-electron chi connectivity index (χ0n) is 12.2. The summed E-state index contributed by atoms with van der Waals surface area (Å²) in [5.74, 6) is 0.406. The Morgan fingerprint density at radius 2 is 2.10 bits per heavy atom. The highest BCUT2D eigenvalue weighted by molar-refractivity contribution is 9.10. The summed E-state index contributed by atoms with van der Waals surface area (Å²) in [6.45, 7) is 2.94. The van der Waals surface area contributed by atoms with E-state index in [-0.39, 0.29) is 5.91 Å². The number of carbonyl (C=O) groups is 1. The van der Waals surface area contributed by atoms with Crippen molar-refractivity contribution in [1.82, 2.24) is 16.2 Å². The third-order valence-corrected chi connectivity index (χ3v) is 3.64. The molecule has 0 aliphatic carbocycles. The number of nitrogens with one attached hydrogen (secondary N) is 3. The lowest BCUT2D eigenvalue weighted by atomic mass is 10.2. The van der Waals surface area contributed by atoms with Gasteiger partial charge in [-0.05, 0) is 52.8 Å². The van der Waals surface area contributed by atoms with Crippen LogP contribution in [0, 0.1) is 0 Å². The zero-order chi connectivity index (χ0) is 15.7. The number of amides is 1. The minimum atomic E-state index is -0.268. The van der Waals surface area contributed by atoms with E-state index < -0.39 is 0 Å². The van der Waals surface area contributed by atoms with E-state index in [1.54, 1.807) is 25.3 Å². The Morgan fingerprint density at radius 1 is 1.33 bits per heavy atom. The van der Waals surface area contributed by atoms with Crippen LogP contribution in [0.4, 0.5) is 0 Å². The topological polar surface area (TPSA) is 62.4 Å². The first-order valence-corrected chi connectivity index (χ1v) is 7.96. The van der Waals surface area contributed by atoms with Crippen LogP contribution in [0.25, 0.3) is 0 Å². The zero-order valence-corrected chi connectivity index (χ0v) is 14.6. The normalized spacial score (nSPS) is 9.86. The van der Waals surface area contributed by atoms with Crippen molar-refractivity contribution >= 4 is 39.2 Å². The molecular weight excluding hydrogens is 354 g/mol.